The number of nitrogens with zero attached hydrogens (tertiary/aromatic N) is 4. The molecule has 9 heteroatoms. The number of amides is 2. The van der Waals surface area contributed by atoms with Crippen molar-refractivity contribution in [2.75, 3.05) is 0 Å². The summed E-state index contributed by atoms with van der Waals surface area (Å²) in [5, 5.41) is 11.9. The Hall–Kier alpha value is -4.01. The van der Waals surface area contributed by atoms with Crippen LogP contribution in [0.15, 0.2) is 53.4 Å². The fourth-order valence-electron chi connectivity index (χ4n) is 3.75. The van der Waals surface area contributed by atoms with E-state index in [0.717, 1.165) is 41.5 Å². The van der Waals surface area contributed by atoms with Gasteiger partial charge in [0.2, 0.25) is 5.91 Å². The van der Waals surface area contributed by atoms with E-state index in [-0.39, 0.29) is 12.3 Å². The maximum absolute atomic E-state index is 12.3. The third-order valence-corrected chi connectivity index (χ3v) is 5.28. The zero-order chi connectivity index (χ0) is 20.5. The molecule has 0 fully saturated rings. The lowest BCUT2D eigenvalue weighted by molar-refractivity contribution is -0.121. The topological polar surface area (TPSA) is 115 Å². The van der Waals surface area contributed by atoms with Crippen LogP contribution in [-0.4, -0.2) is 32.0 Å². The van der Waals surface area contributed by atoms with E-state index in [2.05, 4.69) is 38.5 Å². The summed E-state index contributed by atoms with van der Waals surface area (Å²) in [6.07, 6.45) is 6.47. The van der Waals surface area contributed by atoms with Crippen LogP contribution in [0.5, 0.6) is 0 Å². The molecule has 30 heavy (non-hydrogen) atoms. The first-order valence-corrected chi connectivity index (χ1v) is 9.62. The van der Waals surface area contributed by atoms with Crippen molar-refractivity contribution in [2.24, 2.45) is 0 Å². The van der Waals surface area contributed by atoms with Crippen LogP contribution in [0.25, 0.3) is 16.7 Å². The van der Waals surface area contributed by atoms with Gasteiger partial charge in [-0.25, -0.2) is 4.68 Å². The standard InChI is InChI=1S/C21H18N6O3/c28-20(10-16-11-30-19-9-15-3-1-2-14(15)8-18(16)19)23-24-21(29)13-4-6-17(7-5-13)27-12-22-25-26-27/h4-9,11-12H,1-3,10H2,(H,23,28)(H,24,29). The number of aromatic nitrogens is 4. The molecule has 9 nitrogen and oxygen atoms in total. The fourth-order valence-corrected chi connectivity index (χ4v) is 3.75. The van der Waals surface area contributed by atoms with Crippen LogP contribution in [-0.2, 0) is 24.1 Å². The van der Waals surface area contributed by atoms with Gasteiger partial charge in [0, 0.05) is 16.5 Å². The number of hydrazine groups is 1. The molecule has 2 amide bonds. The van der Waals surface area contributed by atoms with Gasteiger partial charge >= 0.3 is 0 Å². The molecule has 0 spiro atoms. The fraction of sp³-hybridized carbons (Fsp3) is 0.190. The summed E-state index contributed by atoms with van der Waals surface area (Å²) >= 11 is 0. The Kier molecular flexibility index (Phi) is 4.47. The van der Waals surface area contributed by atoms with Gasteiger partial charge in [0.15, 0.2) is 0 Å². The van der Waals surface area contributed by atoms with Crippen LogP contribution in [0.2, 0.25) is 0 Å². The van der Waals surface area contributed by atoms with E-state index < -0.39 is 5.91 Å². The lowest BCUT2D eigenvalue weighted by Crippen LogP contribution is -2.42. The molecule has 4 aromatic rings. The third kappa shape index (κ3) is 3.41. The number of rotatable bonds is 4. The van der Waals surface area contributed by atoms with Gasteiger partial charge in [0.25, 0.3) is 5.91 Å². The molecule has 0 unspecified atom stereocenters. The zero-order valence-corrected chi connectivity index (χ0v) is 16.0. The number of nitrogens with one attached hydrogen (secondary N) is 2. The molecule has 2 aromatic heterocycles. The molecule has 0 saturated carbocycles. The highest BCUT2D eigenvalue weighted by molar-refractivity contribution is 5.96. The lowest BCUT2D eigenvalue weighted by Gasteiger charge is -2.08. The van der Waals surface area contributed by atoms with Crippen LogP contribution in [0.3, 0.4) is 0 Å². The van der Waals surface area contributed by atoms with Crippen LogP contribution in [0.4, 0.5) is 0 Å². The van der Waals surface area contributed by atoms with E-state index in [0.29, 0.717) is 5.56 Å². The molecule has 150 valence electrons. The Morgan fingerprint density at radius 1 is 1.07 bits per heavy atom. The van der Waals surface area contributed by atoms with Crippen LogP contribution >= 0.6 is 0 Å². The van der Waals surface area contributed by atoms with Crippen molar-refractivity contribution in [3.63, 3.8) is 0 Å². The molecule has 0 aliphatic heterocycles. The molecule has 0 atom stereocenters. The van der Waals surface area contributed by atoms with Gasteiger partial charge < -0.3 is 4.42 Å². The molecule has 1 aliphatic rings. The maximum Gasteiger partial charge on any atom is 0.269 e. The monoisotopic (exact) mass is 402 g/mol. The summed E-state index contributed by atoms with van der Waals surface area (Å²) in [6.45, 7) is 0. The summed E-state index contributed by atoms with van der Waals surface area (Å²) in [4.78, 5) is 24.6. The predicted molar refractivity (Wildman–Crippen MR) is 107 cm³/mol. The van der Waals surface area contributed by atoms with Crippen molar-refractivity contribution in [3.05, 3.63) is 71.2 Å². The van der Waals surface area contributed by atoms with Crippen LogP contribution in [0.1, 0.15) is 33.5 Å². The third-order valence-electron chi connectivity index (χ3n) is 5.28. The van der Waals surface area contributed by atoms with Gasteiger partial charge in [-0.05, 0) is 77.2 Å². The van der Waals surface area contributed by atoms with Gasteiger partial charge in [0.1, 0.15) is 11.9 Å². The van der Waals surface area contributed by atoms with Gasteiger partial charge in [-0.15, -0.1) is 5.10 Å². The second kappa shape index (κ2) is 7.43. The van der Waals surface area contributed by atoms with Gasteiger partial charge in [-0.3, -0.25) is 20.4 Å². The van der Waals surface area contributed by atoms with Gasteiger partial charge in [-0.1, -0.05) is 0 Å². The van der Waals surface area contributed by atoms with Crippen LogP contribution < -0.4 is 10.9 Å². The summed E-state index contributed by atoms with van der Waals surface area (Å²) in [5.74, 6) is -0.738. The van der Waals surface area contributed by atoms with Gasteiger partial charge in [0.05, 0.1) is 18.4 Å². The summed E-state index contributed by atoms with van der Waals surface area (Å²) in [6, 6.07) is 10.9. The molecule has 0 radical (unpaired) electrons. The average Bonchev–Trinajstić information content (AvgIpc) is 3.52. The first-order chi connectivity index (χ1) is 14.7. The van der Waals surface area contributed by atoms with Crippen molar-refractivity contribution in [1.82, 2.24) is 31.1 Å². The zero-order valence-electron chi connectivity index (χ0n) is 16.0. The number of aryl methyl sites for hydroxylation is 2. The Morgan fingerprint density at radius 3 is 2.63 bits per heavy atom. The normalized spacial score (nSPS) is 12.7. The summed E-state index contributed by atoms with van der Waals surface area (Å²) < 4.78 is 7.11. The smallest absolute Gasteiger partial charge is 0.269 e. The number of benzene rings is 2. The Morgan fingerprint density at radius 2 is 1.87 bits per heavy atom. The SMILES string of the molecule is O=C(Cc1coc2cc3c(cc12)CCC3)NNC(=O)c1ccc(-n2cnnn2)cc1. The van der Waals surface area contributed by atoms with Crippen molar-refractivity contribution >= 4 is 22.8 Å². The van der Waals surface area contributed by atoms with Crippen molar-refractivity contribution in [1.29, 1.82) is 0 Å². The maximum atomic E-state index is 12.3. The van der Waals surface area contributed by atoms with E-state index in [9.17, 15) is 9.59 Å². The second-order valence-electron chi connectivity index (χ2n) is 7.21. The van der Waals surface area contributed by atoms with E-state index in [1.807, 2.05) is 0 Å². The average molecular weight is 402 g/mol. The highest BCUT2D eigenvalue weighted by atomic mass is 16.3. The number of carbonyl (C=O) groups excluding carboxylic acids is 2. The van der Waals surface area contributed by atoms with Crippen molar-refractivity contribution in [3.8, 4) is 5.69 Å². The highest BCUT2D eigenvalue weighted by Gasteiger charge is 2.17. The van der Waals surface area contributed by atoms with E-state index in [1.54, 1.807) is 30.5 Å². The molecular formula is C21H18N6O3. The van der Waals surface area contributed by atoms with Gasteiger partial charge in [-0.2, -0.15) is 0 Å². The molecule has 1 aliphatic carbocycles. The number of tetrazole rings is 1. The lowest BCUT2D eigenvalue weighted by atomic mass is 10.0. The Bertz CT molecular complexity index is 1230. The van der Waals surface area contributed by atoms with E-state index in [4.69, 9.17) is 4.42 Å². The Balaban J connectivity index is 1.21. The minimum atomic E-state index is -0.415. The molecule has 0 saturated heterocycles. The number of fused-ring (bicyclic) bond motifs is 2. The summed E-state index contributed by atoms with van der Waals surface area (Å²) in [5.41, 5.74) is 10.3. The quantitative estimate of drug-likeness (QED) is 0.504. The highest BCUT2D eigenvalue weighted by Crippen LogP contribution is 2.30. The van der Waals surface area contributed by atoms with Crippen molar-refractivity contribution in [2.45, 2.75) is 25.7 Å². The molecule has 0 bridgehead atoms. The molecular weight excluding hydrogens is 384 g/mol. The molecule has 2 heterocycles. The van der Waals surface area contributed by atoms with E-state index >= 15 is 0 Å². The predicted octanol–water partition coefficient (Wildman–Crippen LogP) is 1.90. The minimum absolute atomic E-state index is 0.115. The van der Waals surface area contributed by atoms with Crippen molar-refractivity contribution < 1.29 is 14.0 Å². The molecule has 5 rings (SSSR count). The first kappa shape index (κ1) is 18.0. The number of hydrogen-bond acceptors (Lipinski definition) is 6. The minimum Gasteiger partial charge on any atom is -0.464 e. The number of carbonyl (C=O) groups is 2. The first-order valence-electron chi connectivity index (χ1n) is 9.62. The number of hydrogen-bond donors (Lipinski definition) is 2. The largest absolute Gasteiger partial charge is 0.464 e. The Labute approximate surface area is 171 Å². The van der Waals surface area contributed by atoms with Crippen LogP contribution in [0, 0.1) is 0 Å². The second-order valence-corrected chi connectivity index (χ2v) is 7.21. The molecule has 2 aromatic carbocycles. The molecule has 2 N–H and O–H groups in total. The number of furan rings is 1. The summed E-state index contributed by atoms with van der Waals surface area (Å²) in [7, 11) is 0. The van der Waals surface area contributed by atoms with E-state index in [1.165, 1.54) is 22.1 Å².